The van der Waals surface area contributed by atoms with Gasteiger partial charge in [-0.25, -0.2) is 0 Å². The van der Waals surface area contributed by atoms with Gasteiger partial charge in [0.2, 0.25) is 5.91 Å². The average Bonchev–Trinajstić information content (AvgIpc) is 2.90. The highest BCUT2D eigenvalue weighted by atomic mass is 32.2. The molecule has 2 N–H and O–H groups in total. The Labute approximate surface area is 118 Å². The molecule has 1 aliphatic carbocycles. The van der Waals surface area contributed by atoms with Gasteiger partial charge in [-0.15, -0.1) is 11.8 Å². The summed E-state index contributed by atoms with van der Waals surface area (Å²) in [5, 5.41) is 11.8. The van der Waals surface area contributed by atoms with Crippen molar-refractivity contribution in [2.45, 2.75) is 41.7 Å². The number of benzene rings is 1. The van der Waals surface area contributed by atoms with Gasteiger partial charge in [0.1, 0.15) is 0 Å². The van der Waals surface area contributed by atoms with Crippen LogP contribution < -0.4 is 5.32 Å². The molecule has 1 fully saturated rings. The standard InChI is InChI=1S/C15H21NO2S/c17-12-6-11-16-14(18)15(9-4-5-10-15)19-13-7-2-1-3-8-13/h1-3,7-8,17H,4-6,9-12H2,(H,16,18). The summed E-state index contributed by atoms with van der Waals surface area (Å²) in [5.74, 6) is 0.132. The Morgan fingerprint density at radius 2 is 1.95 bits per heavy atom. The van der Waals surface area contributed by atoms with Gasteiger partial charge >= 0.3 is 0 Å². The van der Waals surface area contributed by atoms with Gasteiger partial charge in [-0.1, -0.05) is 31.0 Å². The van der Waals surface area contributed by atoms with Crippen LogP contribution in [0.1, 0.15) is 32.1 Å². The molecule has 3 nitrogen and oxygen atoms in total. The third-order valence-corrected chi connectivity index (χ3v) is 4.99. The lowest BCUT2D eigenvalue weighted by Gasteiger charge is -2.27. The number of hydrogen-bond donors (Lipinski definition) is 2. The Kier molecular flexibility index (Phi) is 5.28. The zero-order valence-corrected chi connectivity index (χ0v) is 11.9. The van der Waals surface area contributed by atoms with E-state index in [1.807, 2.05) is 18.2 Å². The first-order chi connectivity index (χ1) is 9.27. The van der Waals surface area contributed by atoms with Crippen LogP contribution in [-0.2, 0) is 4.79 Å². The van der Waals surface area contributed by atoms with Gasteiger partial charge in [0.25, 0.3) is 0 Å². The molecule has 0 bridgehead atoms. The number of thioether (sulfide) groups is 1. The zero-order chi connectivity index (χ0) is 13.6. The molecule has 1 amide bonds. The van der Waals surface area contributed by atoms with E-state index >= 15 is 0 Å². The Morgan fingerprint density at radius 1 is 1.26 bits per heavy atom. The molecule has 0 saturated heterocycles. The van der Waals surface area contributed by atoms with Gasteiger partial charge in [0, 0.05) is 18.0 Å². The predicted molar refractivity (Wildman–Crippen MR) is 78.2 cm³/mol. The lowest BCUT2D eigenvalue weighted by Crippen LogP contribution is -2.42. The van der Waals surface area contributed by atoms with E-state index < -0.39 is 0 Å². The Morgan fingerprint density at radius 3 is 2.58 bits per heavy atom. The number of carbonyl (C=O) groups excluding carboxylic acids is 1. The second kappa shape index (κ2) is 6.96. The van der Waals surface area contributed by atoms with E-state index in [1.54, 1.807) is 11.8 Å². The van der Waals surface area contributed by atoms with Gasteiger partial charge in [0.15, 0.2) is 0 Å². The van der Waals surface area contributed by atoms with Crippen LogP contribution in [0.2, 0.25) is 0 Å². The highest BCUT2D eigenvalue weighted by Gasteiger charge is 2.41. The van der Waals surface area contributed by atoms with Crippen LogP contribution in [0, 0.1) is 0 Å². The van der Waals surface area contributed by atoms with Crippen LogP contribution >= 0.6 is 11.8 Å². The maximum absolute atomic E-state index is 12.4. The van der Waals surface area contributed by atoms with Crippen LogP contribution in [0.25, 0.3) is 0 Å². The summed E-state index contributed by atoms with van der Waals surface area (Å²) < 4.78 is -0.309. The van der Waals surface area contributed by atoms with Crippen molar-refractivity contribution in [1.82, 2.24) is 5.32 Å². The molecule has 19 heavy (non-hydrogen) atoms. The van der Waals surface area contributed by atoms with Crippen molar-refractivity contribution >= 4 is 17.7 Å². The van der Waals surface area contributed by atoms with E-state index in [2.05, 4.69) is 17.4 Å². The maximum atomic E-state index is 12.4. The fourth-order valence-corrected chi connectivity index (χ4v) is 3.88. The molecule has 0 radical (unpaired) electrons. The van der Waals surface area contributed by atoms with E-state index in [0.717, 1.165) is 30.6 Å². The first-order valence-electron chi connectivity index (χ1n) is 6.90. The third-order valence-electron chi connectivity index (χ3n) is 3.50. The number of aliphatic hydroxyl groups excluding tert-OH is 1. The van der Waals surface area contributed by atoms with Crippen LogP contribution in [0.15, 0.2) is 35.2 Å². The van der Waals surface area contributed by atoms with Crippen LogP contribution in [-0.4, -0.2) is 28.9 Å². The number of carbonyl (C=O) groups is 1. The molecule has 0 aliphatic heterocycles. The van der Waals surface area contributed by atoms with Crippen molar-refractivity contribution in [2.75, 3.05) is 13.2 Å². The van der Waals surface area contributed by atoms with Crippen molar-refractivity contribution in [1.29, 1.82) is 0 Å². The summed E-state index contributed by atoms with van der Waals surface area (Å²) in [6.07, 6.45) is 4.74. The van der Waals surface area contributed by atoms with Gasteiger partial charge in [-0.05, 0) is 31.4 Å². The van der Waals surface area contributed by atoms with Gasteiger partial charge in [-0.3, -0.25) is 4.79 Å². The minimum atomic E-state index is -0.309. The van der Waals surface area contributed by atoms with Crippen LogP contribution in [0.3, 0.4) is 0 Å². The highest BCUT2D eigenvalue weighted by Crippen LogP contribution is 2.45. The van der Waals surface area contributed by atoms with Crippen LogP contribution in [0.4, 0.5) is 0 Å². The predicted octanol–water partition coefficient (Wildman–Crippen LogP) is 2.59. The molecule has 0 atom stereocenters. The lowest BCUT2D eigenvalue weighted by atomic mass is 10.1. The molecule has 0 spiro atoms. The quantitative estimate of drug-likeness (QED) is 0.787. The number of amides is 1. The third kappa shape index (κ3) is 3.74. The van der Waals surface area contributed by atoms with E-state index in [-0.39, 0.29) is 17.3 Å². The minimum Gasteiger partial charge on any atom is -0.396 e. The molecule has 1 aromatic carbocycles. The molecule has 1 aliphatic rings. The molecule has 1 saturated carbocycles. The SMILES string of the molecule is O=C(NCCCO)C1(Sc2ccccc2)CCCC1. The lowest BCUT2D eigenvalue weighted by molar-refractivity contribution is -0.123. The van der Waals surface area contributed by atoms with E-state index in [0.29, 0.717) is 13.0 Å². The summed E-state index contributed by atoms with van der Waals surface area (Å²) in [5.41, 5.74) is 0. The van der Waals surface area contributed by atoms with Crippen LogP contribution in [0.5, 0.6) is 0 Å². The van der Waals surface area contributed by atoms with Gasteiger partial charge in [-0.2, -0.15) is 0 Å². The molecule has 0 unspecified atom stereocenters. The van der Waals surface area contributed by atoms with Gasteiger partial charge in [0.05, 0.1) is 4.75 Å². The second-order valence-electron chi connectivity index (χ2n) is 4.95. The normalized spacial score (nSPS) is 17.3. The van der Waals surface area contributed by atoms with Crippen molar-refractivity contribution in [3.05, 3.63) is 30.3 Å². The van der Waals surface area contributed by atoms with E-state index in [1.165, 1.54) is 0 Å². The summed E-state index contributed by atoms with van der Waals surface area (Å²) in [7, 11) is 0. The monoisotopic (exact) mass is 279 g/mol. The van der Waals surface area contributed by atoms with Crippen molar-refractivity contribution in [2.24, 2.45) is 0 Å². The molecular weight excluding hydrogens is 258 g/mol. The van der Waals surface area contributed by atoms with E-state index in [4.69, 9.17) is 5.11 Å². The summed E-state index contributed by atoms with van der Waals surface area (Å²) >= 11 is 1.69. The Bertz CT molecular complexity index is 402. The molecule has 2 rings (SSSR count). The van der Waals surface area contributed by atoms with E-state index in [9.17, 15) is 4.79 Å². The van der Waals surface area contributed by atoms with Crippen molar-refractivity contribution in [3.8, 4) is 0 Å². The summed E-state index contributed by atoms with van der Waals surface area (Å²) in [4.78, 5) is 13.6. The topological polar surface area (TPSA) is 49.3 Å². The molecular formula is C15H21NO2S. The first kappa shape index (κ1) is 14.4. The molecule has 104 valence electrons. The first-order valence-corrected chi connectivity index (χ1v) is 7.72. The highest BCUT2D eigenvalue weighted by molar-refractivity contribution is 8.01. The fourth-order valence-electron chi connectivity index (χ4n) is 2.48. The summed E-state index contributed by atoms with van der Waals surface area (Å²) in [6.45, 7) is 0.686. The number of nitrogens with one attached hydrogen (secondary N) is 1. The van der Waals surface area contributed by atoms with Crippen molar-refractivity contribution < 1.29 is 9.90 Å². The molecule has 1 aromatic rings. The number of rotatable bonds is 6. The summed E-state index contributed by atoms with van der Waals surface area (Å²) in [6, 6.07) is 10.1. The van der Waals surface area contributed by atoms with Crippen molar-refractivity contribution in [3.63, 3.8) is 0 Å². The minimum absolute atomic E-state index is 0.124. The maximum Gasteiger partial charge on any atom is 0.236 e. The molecule has 0 aromatic heterocycles. The Hall–Kier alpha value is -1.00. The molecule has 4 heteroatoms. The Balaban J connectivity index is 2.03. The molecule has 0 heterocycles. The second-order valence-corrected chi connectivity index (χ2v) is 6.41. The smallest absolute Gasteiger partial charge is 0.236 e. The average molecular weight is 279 g/mol. The largest absolute Gasteiger partial charge is 0.396 e. The fraction of sp³-hybridized carbons (Fsp3) is 0.533. The zero-order valence-electron chi connectivity index (χ0n) is 11.1. The number of hydrogen-bond acceptors (Lipinski definition) is 3. The number of aliphatic hydroxyl groups is 1. The van der Waals surface area contributed by atoms with Gasteiger partial charge < -0.3 is 10.4 Å².